The van der Waals surface area contributed by atoms with E-state index in [4.69, 9.17) is 9.47 Å². The zero-order valence-electron chi connectivity index (χ0n) is 15.1. The SMILES string of the molecule is COC1=C2[C@H]3[C@H](O)c4ccc(OC)c(O)c4[C@]2(CCN3C)C[C@H](O)[C@@H]1O. The average Bonchev–Trinajstić information content (AvgIpc) is 2.62. The van der Waals surface area contributed by atoms with Crippen LogP contribution in [-0.4, -0.2) is 71.4 Å². The molecule has 7 nitrogen and oxygen atoms in total. The number of phenols is 1. The van der Waals surface area contributed by atoms with Crippen LogP contribution in [0.3, 0.4) is 0 Å². The fraction of sp³-hybridized carbons (Fsp3) is 0.579. The molecule has 1 aliphatic heterocycles. The fourth-order valence-corrected chi connectivity index (χ4v) is 5.20. The smallest absolute Gasteiger partial charge is 0.162 e. The van der Waals surface area contributed by atoms with Crippen LogP contribution >= 0.6 is 0 Å². The highest BCUT2D eigenvalue weighted by atomic mass is 16.5. The zero-order chi connectivity index (χ0) is 18.8. The van der Waals surface area contributed by atoms with Gasteiger partial charge in [-0.05, 0) is 38.1 Å². The highest BCUT2D eigenvalue weighted by Crippen LogP contribution is 2.60. The first-order valence-electron chi connectivity index (χ1n) is 8.80. The number of aliphatic hydroxyl groups excluding tert-OH is 3. The number of likely N-dealkylation sites (N-methyl/N-ethyl adjacent to an activating group) is 1. The van der Waals surface area contributed by atoms with Crippen LogP contribution in [-0.2, 0) is 10.2 Å². The second-order valence-corrected chi connectivity index (χ2v) is 7.48. The summed E-state index contributed by atoms with van der Waals surface area (Å²) in [6.07, 6.45) is -2.18. The van der Waals surface area contributed by atoms with Crippen LogP contribution in [0, 0.1) is 0 Å². The highest BCUT2D eigenvalue weighted by molar-refractivity contribution is 5.63. The molecule has 5 atom stereocenters. The first-order valence-corrected chi connectivity index (χ1v) is 8.80. The molecule has 2 aliphatic carbocycles. The molecule has 0 saturated carbocycles. The molecule has 3 aliphatic rings. The molecule has 0 unspecified atom stereocenters. The van der Waals surface area contributed by atoms with Crippen LogP contribution in [0.25, 0.3) is 0 Å². The Hall–Kier alpha value is -1.80. The van der Waals surface area contributed by atoms with Gasteiger partial charge in [-0.1, -0.05) is 6.07 Å². The lowest BCUT2D eigenvalue weighted by Crippen LogP contribution is -2.60. The van der Waals surface area contributed by atoms with Crippen molar-refractivity contribution in [1.29, 1.82) is 0 Å². The molecule has 4 N–H and O–H groups in total. The van der Waals surface area contributed by atoms with Gasteiger partial charge in [-0.3, -0.25) is 4.90 Å². The minimum Gasteiger partial charge on any atom is -0.504 e. The van der Waals surface area contributed by atoms with Crippen molar-refractivity contribution in [3.8, 4) is 11.5 Å². The lowest BCUT2D eigenvalue weighted by Gasteiger charge is -2.57. The summed E-state index contributed by atoms with van der Waals surface area (Å²) in [6, 6.07) is 3.03. The van der Waals surface area contributed by atoms with Gasteiger partial charge in [0.2, 0.25) is 0 Å². The molecule has 4 rings (SSSR count). The molecule has 26 heavy (non-hydrogen) atoms. The quantitative estimate of drug-likeness (QED) is 0.604. The molecule has 1 aromatic rings. The van der Waals surface area contributed by atoms with E-state index in [0.717, 1.165) is 5.57 Å². The van der Waals surface area contributed by atoms with E-state index in [-0.39, 0.29) is 24.0 Å². The number of methoxy groups -OCH3 is 2. The lowest BCUT2D eigenvalue weighted by molar-refractivity contribution is -0.0481. The number of nitrogens with zero attached hydrogens (tertiary/aromatic N) is 1. The third-order valence-electron chi connectivity index (χ3n) is 6.34. The van der Waals surface area contributed by atoms with E-state index in [1.807, 2.05) is 11.9 Å². The molecule has 1 heterocycles. The van der Waals surface area contributed by atoms with Crippen LogP contribution in [0.1, 0.15) is 30.1 Å². The zero-order valence-corrected chi connectivity index (χ0v) is 15.1. The highest BCUT2D eigenvalue weighted by Gasteiger charge is 2.59. The molecule has 0 spiro atoms. The molecule has 0 amide bonds. The maximum absolute atomic E-state index is 11.1. The Labute approximate surface area is 152 Å². The van der Waals surface area contributed by atoms with Crippen molar-refractivity contribution in [3.63, 3.8) is 0 Å². The van der Waals surface area contributed by atoms with Gasteiger partial charge in [0.15, 0.2) is 11.5 Å². The number of rotatable bonds is 2. The average molecular weight is 363 g/mol. The van der Waals surface area contributed by atoms with Crippen LogP contribution in [0.2, 0.25) is 0 Å². The van der Waals surface area contributed by atoms with Gasteiger partial charge >= 0.3 is 0 Å². The van der Waals surface area contributed by atoms with Gasteiger partial charge < -0.3 is 29.9 Å². The Morgan fingerprint density at radius 2 is 1.85 bits per heavy atom. The number of aromatic hydroxyl groups is 1. The largest absolute Gasteiger partial charge is 0.504 e. The molecule has 2 bridgehead atoms. The Kier molecular flexibility index (Phi) is 3.96. The van der Waals surface area contributed by atoms with Crippen LogP contribution in [0.15, 0.2) is 23.5 Å². The van der Waals surface area contributed by atoms with Gasteiger partial charge in [-0.2, -0.15) is 0 Å². The number of hydrogen-bond acceptors (Lipinski definition) is 7. The van der Waals surface area contributed by atoms with Crippen molar-refractivity contribution >= 4 is 0 Å². The van der Waals surface area contributed by atoms with Gasteiger partial charge in [0, 0.05) is 16.6 Å². The predicted molar refractivity (Wildman–Crippen MR) is 93.0 cm³/mol. The molecule has 1 saturated heterocycles. The van der Waals surface area contributed by atoms with E-state index in [9.17, 15) is 20.4 Å². The summed E-state index contributed by atoms with van der Waals surface area (Å²) in [5.74, 6) is 0.581. The molecule has 142 valence electrons. The minimum absolute atomic E-state index is 0.0244. The summed E-state index contributed by atoms with van der Waals surface area (Å²) in [5.41, 5.74) is 1.23. The van der Waals surface area contributed by atoms with E-state index in [1.165, 1.54) is 14.2 Å². The monoisotopic (exact) mass is 363 g/mol. The summed E-state index contributed by atoms with van der Waals surface area (Å²) in [5, 5.41) is 43.1. The summed E-state index contributed by atoms with van der Waals surface area (Å²) >= 11 is 0. The topological polar surface area (TPSA) is 103 Å². The van der Waals surface area contributed by atoms with E-state index < -0.39 is 23.7 Å². The number of phenolic OH excluding ortho intramolecular Hbond substituents is 1. The second-order valence-electron chi connectivity index (χ2n) is 7.48. The molecule has 0 radical (unpaired) electrons. The second kappa shape index (κ2) is 5.85. The van der Waals surface area contributed by atoms with Crippen molar-refractivity contribution in [2.45, 2.75) is 42.6 Å². The Morgan fingerprint density at radius 1 is 1.12 bits per heavy atom. The number of benzene rings is 1. The molecule has 0 aromatic heterocycles. The summed E-state index contributed by atoms with van der Waals surface area (Å²) in [6.45, 7) is 0.682. The molecule has 7 heteroatoms. The van der Waals surface area contributed by atoms with Crippen LogP contribution in [0.5, 0.6) is 11.5 Å². The summed E-state index contributed by atoms with van der Waals surface area (Å²) in [4.78, 5) is 2.03. The van der Waals surface area contributed by atoms with Gasteiger partial charge in [-0.15, -0.1) is 0 Å². The minimum atomic E-state index is -1.15. The van der Waals surface area contributed by atoms with Gasteiger partial charge in [0.05, 0.1) is 32.5 Å². The van der Waals surface area contributed by atoms with Gasteiger partial charge in [0.1, 0.15) is 11.9 Å². The van der Waals surface area contributed by atoms with Crippen LogP contribution in [0.4, 0.5) is 0 Å². The first-order chi connectivity index (χ1) is 12.4. The number of fused-ring (bicyclic) bond motifs is 1. The Bertz CT molecular complexity index is 778. The summed E-state index contributed by atoms with van der Waals surface area (Å²) < 4.78 is 10.8. The maximum Gasteiger partial charge on any atom is 0.162 e. The first kappa shape index (κ1) is 17.6. The molecular formula is C19H25NO6. The number of ether oxygens (including phenoxy) is 2. The summed E-state index contributed by atoms with van der Waals surface area (Å²) in [7, 11) is 4.86. The van der Waals surface area contributed by atoms with Crippen LogP contribution < -0.4 is 4.74 Å². The normalized spacial score (nSPS) is 36.4. The lowest BCUT2D eigenvalue weighted by atomic mass is 9.54. The molecule has 1 aromatic carbocycles. The van der Waals surface area contributed by atoms with Gasteiger partial charge in [-0.25, -0.2) is 0 Å². The van der Waals surface area contributed by atoms with Crippen molar-refractivity contribution in [1.82, 2.24) is 4.90 Å². The number of hydrogen-bond donors (Lipinski definition) is 4. The number of aliphatic hydroxyl groups is 3. The van der Waals surface area contributed by atoms with Crippen molar-refractivity contribution < 1.29 is 29.9 Å². The van der Waals surface area contributed by atoms with E-state index in [1.54, 1.807) is 12.1 Å². The van der Waals surface area contributed by atoms with E-state index in [0.29, 0.717) is 29.8 Å². The van der Waals surface area contributed by atoms with Gasteiger partial charge in [0.25, 0.3) is 0 Å². The third-order valence-corrected chi connectivity index (χ3v) is 6.34. The van der Waals surface area contributed by atoms with Crippen molar-refractivity contribution in [2.75, 3.05) is 27.8 Å². The molecule has 1 fully saturated rings. The fourth-order valence-electron chi connectivity index (χ4n) is 5.20. The third kappa shape index (κ3) is 2.02. The van der Waals surface area contributed by atoms with Crippen molar-refractivity contribution in [2.24, 2.45) is 0 Å². The molecular weight excluding hydrogens is 338 g/mol. The standard InChI is InChI=1S/C19H25NO6/c1-20-7-6-19-8-10(21)16(23)18(26-3)13(19)14(20)15(22)9-4-5-11(25-2)17(24)12(9)19/h4-5,10,14-16,21-24H,6-8H2,1-3H3/t10-,14-,15+,16-,19-/m0/s1. The number of piperidine rings is 1. The Balaban J connectivity index is 2.09. The maximum atomic E-state index is 11.1. The van der Waals surface area contributed by atoms with Crippen molar-refractivity contribution in [3.05, 3.63) is 34.6 Å². The van der Waals surface area contributed by atoms with E-state index >= 15 is 0 Å². The Morgan fingerprint density at radius 3 is 2.50 bits per heavy atom. The van der Waals surface area contributed by atoms with E-state index in [2.05, 4.69) is 0 Å². The number of likely N-dealkylation sites (tertiary alicyclic amines) is 1. The predicted octanol–water partition coefficient (Wildman–Crippen LogP) is 0.416.